The smallest absolute Gasteiger partial charge is 0.252 e. The molecular weight excluding hydrogens is 438 g/mol. The van der Waals surface area contributed by atoms with Crippen LogP contribution in [0, 0.1) is 6.92 Å². The molecule has 8 heteroatoms. The van der Waals surface area contributed by atoms with Crippen LogP contribution in [0.2, 0.25) is 0 Å². The first-order valence-electron chi connectivity index (χ1n) is 11.6. The third-order valence-electron chi connectivity index (χ3n) is 6.42. The summed E-state index contributed by atoms with van der Waals surface area (Å²) in [6.07, 6.45) is 5.86. The van der Waals surface area contributed by atoms with E-state index < -0.39 is 0 Å². The highest BCUT2D eigenvalue weighted by Crippen LogP contribution is 2.34. The highest BCUT2D eigenvalue weighted by atomic mass is 16.2. The molecule has 0 bridgehead atoms. The van der Waals surface area contributed by atoms with E-state index in [1.165, 1.54) is 5.56 Å². The molecule has 0 aliphatic carbocycles. The lowest BCUT2D eigenvalue weighted by atomic mass is 9.95. The van der Waals surface area contributed by atoms with E-state index in [2.05, 4.69) is 50.4 Å². The van der Waals surface area contributed by atoms with Gasteiger partial charge in [0.05, 0.1) is 11.6 Å². The van der Waals surface area contributed by atoms with Gasteiger partial charge in [0.2, 0.25) is 0 Å². The lowest BCUT2D eigenvalue weighted by molar-refractivity contribution is 0.0956. The van der Waals surface area contributed by atoms with Gasteiger partial charge in [-0.15, -0.1) is 0 Å². The minimum absolute atomic E-state index is 0.0442. The van der Waals surface area contributed by atoms with Crippen LogP contribution in [-0.4, -0.2) is 35.4 Å². The summed E-state index contributed by atoms with van der Waals surface area (Å²) in [5.41, 5.74) is 6.78. The van der Waals surface area contributed by atoms with Gasteiger partial charge in [0.15, 0.2) is 5.65 Å². The number of rotatable bonds is 5. The molecular formula is C27H23N7O. The zero-order chi connectivity index (χ0) is 23.9. The van der Waals surface area contributed by atoms with Crippen molar-refractivity contribution in [3.63, 3.8) is 0 Å². The molecule has 0 fully saturated rings. The summed E-state index contributed by atoms with van der Waals surface area (Å²) in [7, 11) is 0. The Hall–Kier alpha value is -4.46. The molecule has 1 aliphatic heterocycles. The molecule has 0 unspecified atom stereocenters. The summed E-state index contributed by atoms with van der Waals surface area (Å²) in [5.74, 6) is 1.42. The van der Waals surface area contributed by atoms with Gasteiger partial charge in [-0.05, 0) is 43.5 Å². The van der Waals surface area contributed by atoms with Crippen LogP contribution in [0.4, 0.5) is 0 Å². The molecule has 3 aromatic heterocycles. The Morgan fingerprint density at radius 3 is 2.54 bits per heavy atom. The van der Waals surface area contributed by atoms with Crippen LogP contribution >= 0.6 is 0 Å². The largest absolute Gasteiger partial charge is 0.345 e. The molecule has 0 spiro atoms. The molecule has 0 saturated carbocycles. The van der Waals surface area contributed by atoms with Crippen LogP contribution in [0.1, 0.15) is 40.3 Å². The Balaban J connectivity index is 1.46. The van der Waals surface area contributed by atoms with Crippen molar-refractivity contribution < 1.29 is 4.79 Å². The third kappa shape index (κ3) is 3.63. The van der Waals surface area contributed by atoms with Crippen molar-refractivity contribution in [3.8, 4) is 22.6 Å². The molecule has 6 rings (SSSR count). The van der Waals surface area contributed by atoms with Crippen LogP contribution in [0.5, 0.6) is 0 Å². The number of nitrogens with zero attached hydrogens (tertiary/aromatic N) is 6. The lowest BCUT2D eigenvalue weighted by Crippen LogP contribution is -2.20. The molecule has 5 aromatic rings. The number of carbonyl (C=O) groups is 1. The molecule has 172 valence electrons. The highest BCUT2D eigenvalue weighted by Gasteiger charge is 2.29. The van der Waals surface area contributed by atoms with E-state index in [4.69, 9.17) is 4.98 Å². The molecule has 0 radical (unpaired) electrons. The Morgan fingerprint density at radius 2 is 1.77 bits per heavy atom. The van der Waals surface area contributed by atoms with Crippen LogP contribution in [0.25, 0.3) is 33.8 Å². The Bertz CT molecular complexity index is 1560. The fourth-order valence-electron chi connectivity index (χ4n) is 4.71. The van der Waals surface area contributed by atoms with Gasteiger partial charge < -0.3 is 9.88 Å². The lowest BCUT2D eigenvalue weighted by Gasteiger charge is -2.13. The number of nitrogens with one attached hydrogen (secondary N) is 1. The molecule has 35 heavy (non-hydrogen) atoms. The number of aryl methyl sites for hydroxylation is 2. The van der Waals surface area contributed by atoms with Gasteiger partial charge in [-0.2, -0.15) is 0 Å². The molecule has 2 aromatic carbocycles. The fourth-order valence-corrected chi connectivity index (χ4v) is 4.71. The zero-order valence-corrected chi connectivity index (χ0v) is 19.4. The molecule has 1 amide bonds. The van der Waals surface area contributed by atoms with Crippen LogP contribution in [-0.2, 0) is 13.0 Å². The van der Waals surface area contributed by atoms with E-state index >= 15 is 0 Å². The summed E-state index contributed by atoms with van der Waals surface area (Å²) in [6.45, 7) is 4.61. The highest BCUT2D eigenvalue weighted by molar-refractivity contribution is 6.00. The van der Waals surface area contributed by atoms with Crippen molar-refractivity contribution >= 4 is 17.1 Å². The average molecular weight is 462 g/mol. The topological polar surface area (TPSA) is 98.5 Å². The van der Waals surface area contributed by atoms with Crippen molar-refractivity contribution in [1.29, 1.82) is 0 Å². The predicted octanol–water partition coefficient (Wildman–Crippen LogP) is 4.31. The third-order valence-corrected chi connectivity index (χ3v) is 6.42. The molecule has 8 nitrogen and oxygen atoms in total. The monoisotopic (exact) mass is 461 g/mol. The zero-order valence-electron chi connectivity index (χ0n) is 19.4. The second kappa shape index (κ2) is 8.39. The molecule has 1 N–H and O–H groups in total. The number of hydrogen-bond acceptors (Lipinski definition) is 6. The van der Waals surface area contributed by atoms with Gasteiger partial charge in [0.25, 0.3) is 5.91 Å². The minimum Gasteiger partial charge on any atom is -0.345 e. The van der Waals surface area contributed by atoms with Crippen LogP contribution in [0.15, 0.2) is 67.3 Å². The number of fused-ring (bicyclic) bond motifs is 2. The van der Waals surface area contributed by atoms with Crippen LogP contribution < -0.4 is 5.32 Å². The predicted molar refractivity (Wildman–Crippen MR) is 133 cm³/mol. The number of hydrogen-bond donors (Lipinski definition) is 1. The second-order valence-electron chi connectivity index (χ2n) is 8.61. The minimum atomic E-state index is -0.0920. The van der Waals surface area contributed by atoms with Crippen molar-refractivity contribution in [2.45, 2.75) is 32.9 Å². The summed E-state index contributed by atoms with van der Waals surface area (Å²) >= 11 is 0. The molecule has 4 heterocycles. The maximum absolute atomic E-state index is 12.6. The Labute approximate surface area is 202 Å². The van der Waals surface area contributed by atoms with E-state index in [0.29, 0.717) is 23.4 Å². The Morgan fingerprint density at radius 1 is 0.971 bits per heavy atom. The number of carbonyl (C=O) groups excluding carboxylic acids is 1. The van der Waals surface area contributed by atoms with Gasteiger partial charge in [-0.3, -0.25) is 4.79 Å². The van der Waals surface area contributed by atoms with Gasteiger partial charge in [0, 0.05) is 30.1 Å². The van der Waals surface area contributed by atoms with Gasteiger partial charge >= 0.3 is 0 Å². The second-order valence-corrected chi connectivity index (χ2v) is 8.61. The van der Waals surface area contributed by atoms with Crippen molar-refractivity contribution in [3.05, 3.63) is 89.8 Å². The van der Waals surface area contributed by atoms with E-state index in [-0.39, 0.29) is 11.9 Å². The summed E-state index contributed by atoms with van der Waals surface area (Å²) in [4.78, 5) is 35.4. The van der Waals surface area contributed by atoms with E-state index in [0.717, 1.165) is 40.3 Å². The first kappa shape index (κ1) is 21.1. The quantitative estimate of drug-likeness (QED) is 0.419. The van der Waals surface area contributed by atoms with E-state index in [1.54, 1.807) is 18.7 Å². The fraction of sp³-hybridized carbons (Fsp3) is 0.185. The van der Waals surface area contributed by atoms with Gasteiger partial charge in [-0.1, -0.05) is 36.4 Å². The van der Waals surface area contributed by atoms with Gasteiger partial charge in [-0.25, -0.2) is 24.9 Å². The van der Waals surface area contributed by atoms with Crippen LogP contribution in [0.3, 0.4) is 0 Å². The van der Waals surface area contributed by atoms with Gasteiger partial charge in [0.1, 0.15) is 29.2 Å². The number of aromatic nitrogens is 6. The number of benzene rings is 2. The SMILES string of the molecule is CCn1c(-c2cnc(C)nc2)nc2c(-c3ccc4c(c3)[C@@H](Cc3ccccc3)NC4=O)ncnc21. The normalized spacial score (nSPS) is 14.8. The maximum Gasteiger partial charge on any atom is 0.252 e. The molecule has 1 aliphatic rings. The van der Waals surface area contributed by atoms with Crippen molar-refractivity contribution in [1.82, 2.24) is 34.8 Å². The molecule has 0 saturated heterocycles. The van der Waals surface area contributed by atoms with Crippen molar-refractivity contribution in [2.24, 2.45) is 0 Å². The van der Waals surface area contributed by atoms with E-state index in [1.807, 2.05) is 41.8 Å². The maximum atomic E-state index is 12.6. The summed E-state index contributed by atoms with van der Waals surface area (Å²) in [6, 6.07) is 16.0. The molecule has 1 atom stereocenters. The average Bonchev–Trinajstić information content (AvgIpc) is 3.42. The Kier molecular flexibility index (Phi) is 5.06. The standard InChI is InChI=1S/C27H23N7O/c1-3-34-25(19-13-28-16(2)29-14-19)33-24-23(30-15-31-26(24)34)18-9-10-20-21(12-18)22(32-27(20)35)11-17-7-5-4-6-8-17/h4-10,12-15,22H,3,11H2,1-2H3,(H,32,35)/t22-/m1/s1. The first-order valence-corrected chi connectivity index (χ1v) is 11.6. The summed E-state index contributed by atoms with van der Waals surface area (Å²) < 4.78 is 2.05. The number of amides is 1. The number of imidazole rings is 1. The van der Waals surface area contributed by atoms with E-state index in [9.17, 15) is 4.79 Å². The van der Waals surface area contributed by atoms with Crippen molar-refractivity contribution in [2.75, 3.05) is 0 Å². The first-order chi connectivity index (χ1) is 17.1. The summed E-state index contributed by atoms with van der Waals surface area (Å²) in [5, 5.41) is 3.13.